The number of ether oxygens (including phenoxy) is 4. The number of nitrogens with zero attached hydrogens (tertiary/aromatic N) is 3. The van der Waals surface area contributed by atoms with Crippen molar-refractivity contribution in [2.45, 2.75) is 57.0 Å². The van der Waals surface area contributed by atoms with Crippen molar-refractivity contribution in [1.82, 2.24) is 9.80 Å². The summed E-state index contributed by atoms with van der Waals surface area (Å²) in [5.74, 6) is 3.07. The lowest BCUT2D eigenvalue weighted by Crippen LogP contribution is -2.49. The van der Waals surface area contributed by atoms with Crippen molar-refractivity contribution in [2.24, 2.45) is 4.99 Å². The zero-order chi connectivity index (χ0) is 26.8. The highest BCUT2D eigenvalue weighted by Gasteiger charge is 2.40. The first kappa shape index (κ1) is 25.6. The Morgan fingerprint density at radius 3 is 1.82 bits per heavy atom. The lowest BCUT2D eigenvalue weighted by atomic mass is 9.96. The summed E-state index contributed by atoms with van der Waals surface area (Å²) in [5, 5.41) is 2.03. The molecule has 3 aliphatic heterocycles. The number of hydrogen-bond donors (Lipinski definition) is 0. The van der Waals surface area contributed by atoms with E-state index in [2.05, 4.69) is 29.1 Å². The van der Waals surface area contributed by atoms with Crippen molar-refractivity contribution >= 4 is 6.20 Å². The van der Waals surface area contributed by atoms with Crippen LogP contribution in [0.25, 0.3) is 6.20 Å². The van der Waals surface area contributed by atoms with Crippen LogP contribution < -0.4 is 29.5 Å². The van der Waals surface area contributed by atoms with Crippen LogP contribution in [0.3, 0.4) is 0 Å². The van der Waals surface area contributed by atoms with Crippen molar-refractivity contribution in [1.29, 1.82) is 0 Å². The Morgan fingerprint density at radius 1 is 0.744 bits per heavy atom. The summed E-state index contributed by atoms with van der Waals surface area (Å²) in [7, 11) is 5.63. The van der Waals surface area contributed by atoms with Crippen LogP contribution in [0.1, 0.15) is 36.8 Å². The molecule has 7 nitrogen and oxygen atoms in total. The first-order chi connectivity index (χ1) is 19.1. The average Bonchev–Trinajstić information content (AvgIpc) is 3.17. The van der Waals surface area contributed by atoms with Crippen LogP contribution in [0.4, 0.5) is 0 Å². The molecule has 3 aromatic carbocycles. The van der Waals surface area contributed by atoms with Gasteiger partial charge < -0.3 is 28.7 Å². The highest BCUT2D eigenvalue weighted by atomic mass is 16.5. The van der Waals surface area contributed by atoms with Gasteiger partial charge in [-0.3, -0.25) is 4.99 Å². The predicted octanol–water partition coefficient (Wildman–Crippen LogP) is 4.12. The number of fused-ring (bicyclic) bond motifs is 3. The van der Waals surface area contributed by atoms with Gasteiger partial charge in [-0.05, 0) is 74.2 Å². The molecular weight excluding hydrogens is 490 g/mol. The van der Waals surface area contributed by atoms with E-state index in [0.717, 1.165) is 39.0 Å². The first-order valence-corrected chi connectivity index (χ1v) is 13.8. The van der Waals surface area contributed by atoms with E-state index in [0.29, 0.717) is 43.8 Å². The van der Waals surface area contributed by atoms with Crippen molar-refractivity contribution < 1.29 is 18.9 Å². The monoisotopic (exact) mass is 527 g/mol. The van der Waals surface area contributed by atoms with Crippen molar-refractivity contribution in [2.75, 3.05) is 27.9 Å². The Hall–Kier alpha value is -3.71. The molecule has 6 rings (SSSR count). The molecule has 0 aliphatic carbocycles. The van der Waals surface area contributed by atoms with E-state index in [1.54, 1.807) is 14.2 Å². The third-order valence-corrected chi connectivity index (χ3v) is 8.45. The second-order valence-electron chi connectivity index (χ2n) is 10.7. The van der Waals surface area contributed by atoms with Gasteiger partial charge in [-0.25, -0.2) is 0 Å². The minimum absolute atomic E-state index is 0.426. The summed E-state index contributed by atoms with van der Waals surface area (Å²) in [6.45, 7) is 1.54. The number of benzene rings is 3. The zero-order valence-electron chi connectivity index (χ0n) is 23.0. The quantitative estimate of drug-likeness (QED) is 0.417. The Kier molecular flexibility index (Phi) is 7.33. The standard InChI is InChI=1S/C32H37N3O4/c1-34-25-8-9-26(34)16-27(15-25)35-18-24-14-31(38-19-22-4-10-28(36-2)11-5-22)32(17-30(24)33-21-35)39-20-23-6-12-29(37-3)13-7-23/h4-7,10-14,17-18,25-27H,8-9,15-16,19-21H2,1-3H3. The Balaban J connectivity index is 1.25. The van der Waals surface area contributed by atoms with Gasteiger partial charge >= 0.3 is 0 Å². The van der Waals surface area contributed by atoms with E-state index >= 15 is 0 Å². The SMILES string of the molecule is COc1ccc(COc2cc3c(cc2OCc2ccc(OC)cc2)=NCN(C2CC4CCC(C2)N4C)C=3)cc1. The van der Waals surface area contributed by atoms with E-state index in [1.807, 2.05) is 54.6 Å². The zero-order valence-corrected chi connectivity index (χ0v) is 23.0. The second-order valence-corrected chi connectivity index (χ2v) is 10.7. The number of piperidine rings is 1. The van der Waals surface area contributed by atoms with Gasteiger partial charge in [0.05, 0.1) is 19.6 Å². The maximum absolute atomic E-state index is 6.35. The average molecular weight is 528 g/mol. The van der Waals surface area contributed by atoms with Crippen molar-refractivity contribution in [3.8, 4) is 23.0 Å². The summed E-state index contributed by atoms with van der Waals surface area (Å²) in [4.78, 5) is 9.99. The Morgan fingerprint density at radius 2 is 1.28 bits per heavy atom. The molecule has 0 aromatic heterocycles. The fourth-order valence-corrected chi connectivity index (χ4v) is 6.05. The van der Waals surface area contributed by atoms with Gasteiger partial charge in [0, 0.05) is 35.6 Å². The summed E-state index contributed by atoms with van der Waals surface area (Å²) in [6.07, 6.45) is 7.33. The summed E-state index contributed by atoms with van der Waals surface area (Å²) >= 11 is 0. The predicted molar refractivity (Wildman–Crippen MR) is 151 cm³/mol. The third-order valence-electron chi connectivity index (χ3n) is 8.45. The molecule has 3 heterocycles. The lowest BCUT2D eigenvalue weighted by Gasteiger charge is -2.41. The van der Waals surface area contributed by atoms with Crippen LogP contribution in [0, 0.1) is 0 Å². The molecule has 0 amide bonds. The van der Waals surface area contributed by atoms with Crippen LogP contribution >= 0.6 is 0 Å². The molecule has 0 saturated carbocycles. The van der Waals surface area contributed by atoms with Gasteiger partial charge in [0.15, 0.2) is 11.5 Å². The minimum Gasteiger partial charge on any atom is -0.497 e. The minimum atomic E-state index is 0.426. The molecular formula is C32H37N3O4. The van der Waals surface area contributed by atoms with Gasteiger partial charge in [-0.1, -0.05) is 24.3 Å². The molecule has 2 saturated heterocycles. The highest BCUT2D eigenvalue weighted by Crippen LogP contribution is 2.36. The van der Waals surface area contributed by atoms with Gasteiger partial charge in [0.1, 0.15) is 31.4 Å². The molecule has 2 unspecified atom stereocenters. The topological polar surface area (TPSA) is 55.8 Å². The lowest BCUT2D eigenvalue weighted by molar-refractivity contribution is 0.109. The fourth-order valence-electron chi connectivity index (χ4n) is 6.05. The van der Waals surface area contributed by atoms with E-state index in [-0.39, 0.29) is 0 Å². The summed E-state index contributed by atoms with van der Waals surface area (Å²) in [5.41, 5.74) is 2.12. The third kappa shape index (κ3) is 5.55. The molecule has 2 atom stereocenters. The van der Waals surface area contributed by atoms with Crippen molar-refractivity contribution in [3.05, 3.63) is 82.4 Å². The fraction of sp³-hybridized carbons (Fsp3) is 0.406. The normalized spacial score (nSPS) is 21.9. The van der Waals surface area contributed by atoms with E-state index in [9.17, 15) is 0 Å². The number of methoxy groups -OCH3 is 2. The molecule has 39 heavy (non-hydrogen) atoms. The van der Waals surface area contributed by atoms with Crippen molar-refractivity contribution in [3.63, 3.8) is 0 Å². The molecule has 204 valence electrons. The molecule has 2 bridgehead atoms. The molecule has 0 spiro atoms. The van der Waals surface area contributed by atoms with E-state index in [1.165, 1.54) is 25.7 Å². The number of rotatable bonds is 9. The van der Waals surface area contributed by atoms with E-state index in [4.69, 9.17) is 23.9 Å². The molecule has 3 aromatic rings. The smallest absolute Gasteiger partial charge is 0.163 e. The van der Waals surface area contributed by atoms with Crippen LogP contribution in [0.15, 0.2) is 65.7 Å². The largest absolute Gasteiger partial charge is 0.497 e. The number of hydrogen-bond acceptors (Lipinski definition) is 7. The maximum Gasteiger partial charge on any atom is 0.163 e. The van der Waals surface area contributed by atoms with Crippen LogP contribution in [0.5, 0.6) is 23.0 Å². The van der Waals surface area contributed by atoms with Gasteiger partial charge in [0.2, 0.25) is 0 Å². The Bertz CT molecular complexity index is 1390. The van der Waals surface area contributed by atoms with Crippen LogP contribution in [-0.4, -0.2) is 55.9 Å². The summed E-state index contributed by atoms with van der Waals surface area (Å²) < 4.78 is 23.2. The molecule has 2 fully saturated rings. The molecule has 3 aliphatic rings. The van der Waals surface area contributed by atoms with Gasteiger partial charge in [-0.2, -0.15) is 0 Å². The van der Waals surface area contributed by atoms with Gasteiger partial charge in [-0.15, -0.1) is 0 Å². The van der Waals surface area contributed by atoms with Gasteiger partial charge in [0.25, 0.3) is 0 Å². The highest BCUT2D eigenvalue weighted by molar-refractivity contribution is 5.43. The maximum atomic E-state index is 6.35. The second kappa shape index (κ2) is 11.2. The Labute approximate surface area is 230 Å². The first-order valence-electron chi connectivity index (χ1n) is 13.8. The van der Waals surface area contributed by atoms with E-state index < -0.39 is 0 Å². The summed E-state index contributed by atoms with van der Waals surface area (Å²) in [6, 6.07) is 21.9. The molecule has 7 heteroatoms. The molecule has 0 radical (unpaired) electrons. The molecule has 0 N–H and O–H groups in total. The van der Waals surface area contributed by atoms with Crippen LogP contribution in [0.2, 0.25) is 0 Å². The van der Waals surface area contributed by atoms with Crippen LogP contribution in [-0.2, 0) is 13.2 Å².